The molecule has 0 aliphatic rings. The van der Waals surface area contributed by atoms with Crippen LogP contribution in [-0.2, 0) is 6.54 Å². The van der Waals surface area contributed by atoms with Crippen molar-refractivity contribution in [2.75, 3.05) is 19.5 Å². The van der Waals surface area contributed by atoms with Crippen molar-refractivity contribution in [1.82, 2.24) is 5.32 Å². The standard InChI is InChI=1S/C16H17ClN2O2/c1-18-16(20)13-9-12(7-8-14(13)17)19-10-11-5-3-4-6-15(11)21-2/h3-9,19H,10H2,1-2H3,(H,18,20). The number of methoxy groups -OCH3 is 1. The quantitative estimate of drug-likeness (QED) is 0.891. The predicted molar refractivity (Wildman–Crippen MR) is 85.2 cm³/mol. The fourth-order valence-electron chi connectivity index (χ4n) is 1.99. The second kappa shape index (κ2) is 6.99. The highest BCUT2D eigenvalue weighted by Gasteiger charge is 2.09. The van der Waals surface area contributed by atoms with Gasteiger partial charge in [0.15, 0.2) is 0 Å². The first-order valence-electron chi connectivity index (χ1n) is 6.53. The highest BCUT2D eigenvalue weighted by Crippen LogP contribution is 2.23. The van der Waals surface area contributed by atoms with Crippen molar-refractivity contribution in [2.24, 2.45) is 0 Å². The van der Waals surface area contributed by atoms with Gasteiger partial charge in [-0.1, -0.05) is 29.8 Å². The lowest BCUT2D eigenvalue weighted by Gasteiger charge is -2.12. The molecule has 2 aromatic carbocycles. The van der Waals surface area contributed by atoms with Gasteiger partial charge in [0.2, 0.25) is 0 Å². The van der Waals surface area contributed by atoms with Crippen LogP contribution in [0.25, 0.3) is 0 Å². The van der Waals surface area contributed by atoms with Gasteiger partial charge in [-0.05, 0) is 24.3 Å². The Kier molecular flexibility index (Phi) is 5.06. The summed E-state index contributed by atoms with van der Waals surface area (Å²) in [5.41, 5.74) is 2.31. The van der Waals surface area contributed by atoms with E-state index in [-0.39, 0.29) is 5.91 Å². The van der Waals surface area contributed by atoms with Crippen molar-refractivity contribution in [1.29, 1.82) is 0 Å². The molecule has 0 bridgehead atoms. The molecule has 2 rings (SSSR count). The van der Waals surface area contributed by atoms with Crippen LogP contribution in [0.4, 0.5) is 5.69 Å². The Morgan fingerprint density at radius 2 is 2.00 bits per heavy atom. The highest BCUT2D eigenvalue weighted by molar-refractivity contribution is 6.34. The Hall–Kier alpha value is -2.20. The molecule has 21 heavy (non-hydrogen) atoms. The van der Waals surface area contributed by atoms with Gasteiger partial charge < -0.3 is 15.4 Å². The van der Waals surface area contributed by atoms with Gasteiger partial charge in [0, 0.05) is 24.8 Å². The van der Waals surface area contributed by atoms with Gasteiger partial charge in [-0.2, -0.15) is 0 Å². The van der Waals surface area contributed by atoms with Gasteiger partial charge in [-0.15, -0.1) is 0 Å². The molecular formula is C16H17ClN2O2. The van der Waals surface area contributed by atoms with Crippen LogP contribution in [0.1, 0.15) is 15.9 Å². The number of carbonyl (C=O) groups is 1. The first-order valence-corrected chi connectivity index (χ1v) is 6.91. The fraction of sp³-hybridized carbons (Fsp3) is 0.188. The Labute approximate surface area is 129 Å². The van der Waals surface area contributed by atoms with E-state index < -0.39 is 0 Å². The zero-order valence-corrected chi connectivity index (χ0v) is 12.7. The summed E-state index contributed by atoms with van der Waals surface area (Å²) >= 11 is 6.03. The van der Waals surface area contributed by atoms with Crippen LogP contribution < -0.4 is 15.4 Å². The molecule has 0 fully saturated rings. The van der Waals surface area contributed by atoms with E-state index in [1.165, 1.54) is 0 Å². The van der Waals surface area contributed by atoms with Crippen molar-refractivity contribution in [3.05, 3.63) is 58.6 Å². The molecule has 0 saturated heterocycles. The zero-order valence-electron chi connectivity index (χ0n) is 11.9. The molecule has 2 N–H and O–H groups in total. The van der Waals surface area contributed by atoms with Crippen LogP contribution in [0.15, 0.2) is 42.5 Å². The summed E-state index contributed by atoms with van der Waals surface area (Å²) in [6.07, 6.45) is 0. The first kappa shape index (κ1) is 15.2. The Morgan fingerprint density at radius 1 is 1.24 bits per heavy atom. The summed E-state index contributed by atoms with van der Waals surface area (Å²) in [7, 11) is 3.22. The fourth-order valence-corrected chi connectivity index (χ4v) is 2.19. The first-order chi connectivity index (χ1) is 10.2. The minimum atomic E-state index is -0.207. The van der Waals surface area contributed by atoms with E-state index in [2.05, 4.69) is 10.6 Å². The number of nitrogens with one attached hydrogen (secondary N) is 2. The molecule has 0 unspecified atom stereocenters. The monoisotopic (exact) mass is 304 g/mol. The summed E-state index contributed by atoms with van der Waals surface area (Å²) in [6.45, 7) is 0.596. The van der Waals surface area contributed by atoms with Crippen LogP contribution in [0, 0.1) is 0 Å². The Morgan fingerprint density at radius 3 is 2.71 bits per heavy atom. The number of benzene rings is 2. The molecule has 0 aliphatic carbocycles. The lowest BCUT2D eigenvalue weighted by Crippen LogP contribution is -2.18. The maximum Gasteiger partial charge on any atom is 0.252 e. The van der Waals surface area contributed by atoms with Crippen LogP contribution in [-0.4, -0.2) is 20.1 Å². The third kappa shape index (κ3) is 3.67. The van der Waals surface area contributed by atoms with E-state index in [0.29, 0.717) is 17.1 Å². The van der Waals surface area contributed by atoms with Gasteiger partial charge in [-0.3, -0.25) is 4.79 Å². The summed E-state index contributed by atoms with van der Waals surface area (Å²) in [6, 6.07) is 13.1. The van der Waals surface area contributed by atoms with Gasteiger partial charge in [0.05, 0.1) is 17.7 Å². The summed E-state index contributed by atoms with van der Waals surface area (Å²) in [4.78, 5) is 11.7. The van der Waals surface area contributed by atoms with Gasteiger partial charge in [0.25, 0.3) is 5.91 Å². The Bertz CT molecular complexity index is 644. The third-order valence-electron chi connectivity index (χ3n) is 3.11. The van der Waals surface area contributed by atoms with Crippen LogP contribution in [0.2, 0.25) is 5.02 Å². The number of rotatable bonds is 5. The van der Waals surface area contributed by atoms with Gasteiger partial charge in [0.1, 0.15) is 5.75 Å². The smallest absolute Gasteiger partial charge is 0.252 e. The van der Waals surface area contributed by atoms with Crippen molar-refractivity contribution in [2.45, 2.75) is 6.54 Å². The number of hydrogen-bond acceptors (Lipinski definition) is 3. The summed E-state index contributed by atoms with van der Waals surface area (Å²) in [5, 5.41) is 6.26. The average molecular weight is 305 g/mol. The molecule has 4 nitrogen and oxygen atoms in total. The number of ether oxygens (including phenoxy) is 1. The van der Waals surface area contributed by atoms with Crippen molar-refractivity contribution in [3.63, 3.8) is 0 Å². The van der Waals surface area contributed by atoms with Gasteiger partial charge >= 0.3 is 0 Å². The third-order valence-corrected chi connectivity index (χ3v) is 3.44. The van der Waals surface area contributed by atoms with E-state index >= 15 is 0 Å². The zero-order chi connectivity index (χ0) is 15.2. The number of hydrogen-bond donors (Lipinski definition) is 2. The number of carbonyl (C=O) groups excluding carboxylic acids is 1. The van der Waals surface area contributed by atoms with E-state index in [1.54, 1.807) is 26.3 Å². The maximum absolute atomic E-state index is 11.7. The molecule has 0 heterocycles. The number of amides is 1. The number of halogens is 1. The summed E-state index contributed by atoms with van der Waals surface area (Å²) in [5.74, 6) is 0.617. The van der Waals surface area contributed by atoms with E-state index in [0.717, 1.165) is 17.0 Å². The van der Waals surface area contributed by atoms with E-state index in [9.17, 15) is 4.79 Å². The molecule has 110 valence electrons. The largest absolute Gasteiger partial charge is 0.496 e. The molecule has 0 saturated carbocycles. The van der Waals surface area contributed by atoms with Crippen molar-refractivity contribution in [3.8, 4) is 5.75 Å². The molecule has 0 radical (unpaired) electrons. The van der Waals surface area contributed by atoms with Crippen molar-refractivity contribution >= 4 is 23.2 Å². The van der Waals surface area contributed by atoms with Crippen LogP contribution in [0.5, 0.6) is 5.75 Å². The molecule has 0 aliphatic heterocycles. The molecule has 2 aromatic rings. The van der Waals surface area contributed by atoms with E-state index in [4.69, 9.17) is 16.3 Å². The Balaban J connectivity index is 2.15. The van der Waals surface area contributed by atoms with Crippen molar-refractivity contribution < 1.29 is 9.53 Å². The topological polar surface area (TPSA) is 50.4 Å². The minimum Gasteiger partial charge on any atom is -0.496 e. The molecule has 0 aromatic heterocycles. The lowest BCUT2D eigenvalue weighted by molar-refractivity contribution is 0.0963. The normalized spacial score (nSPS) is 10.0. The molecular weight excluding hydrogens is 288 g/mol. The lowest BCUT2D eigenvalue weighted by atomic mass is 10.1. The second-order valence-electron chi connectivity index (χ2n) is 4.44. The number of para-hydroxylation sites is 1. The maximum atomic E-state index is 11.7. The van der Waals surface area contributed by atoms with Crippen LogP contribution in [0.3, 0.4) is 0 Å². The molecule has 0 spiro atoms. The molecule has 0 atom stereocenters. The van der Waals surface area contributed by atoms with Crippen LogP contribution >= 0.6 is 11.6 Å². The predicted octanol–water partition coefficient (Wildman–Crippen LogP) is 3.32. The SMILES string of the molecule is CNC(=O)c1cc(NCc2ccccc2OC)ccc1Cl. The van der Waals surface area contributed by atoms with Gasteiger partial charge in [-0.25, -0.2) is 0 Å². The second-order valence-corrected chi connectivity index (χ2v) is 4.85. The summed E-state index contributed by atoms with van der Waals surface area (Å²) < 4.78 is 5.31. The minimum absolute atomic E-state index is 0.207. The molecule has 1 amide bonds. The average Bonchev–Trinajstić information content (AvgIpc) is 2.53. The highest BCUT2D eigenvalue weighted by atomic mass is 35.5. The van der Waals surface area contributed by atoms with E-state index in [1.807, 2.05) is 30.3 Å². The number of anilines is 1. The molecule has 5 heteroatoms.